The molecule has 8 heteroatoms. The summed E-state index contributed by atoms with van der Waals surface area (Å²) in [7, 11) is 0. The fourth-order valence-electron chi connectivity index (χ4n) is 1.79. The predicted octanol–water partition coefficient (Wildman–Crippen LogP) is 1.76. The van der Waals surface area contributed by atoms with E-state index in [0.717, 1.165) is 5.69 Å². The van der Waals surface area contributed by atoms with Crippen LogP contribution >= 0.6 is 0 Å². The van der Waals surface area contributed by atoms with Gasteiger partial charge >= 0.3 is 0 Å². The van der Waals surface area contributed by atoms with Crippen LogP contribution in [0.5, 0.6) is 0 Å². The summed E-state index contributed by atoms with van der Waals surface area (Å²) in [6, 6.07) is 7.14. The van der Waals surface area contributed by atoms with Crippen LogP contribution in [0.15, 0.2) is 49.2 Å². The Morgan fingerprint density at radius 1 is 1.14 bits per heavy atom. The van der Waals surface area contributed by atoms with Crippen molar-refractivity contribution in [1.82, 2.24) is 24.7 Å². The maximum absolute atomic E-state index is 10.9. The van der Waals surface area contributed by atoms with E-state index in [2.05, 4.69) is 30.8 Å². The van der Waals surface area contributed by atoms with Gasteiger partial charge in [-0.2, -0.15) is 0 Å². The fourth-order valence-corrected chi connectivity index (χ4v) is 1.79. The number of hydrogen-bond acceptors (Lipinski definition) is 6. The van der Waals surface area contributed by atoms with Crippen LogP contribution in [0.25, 0.3) is 5.82 Å². The first-order chi connectivity index (χ1) is 10.7. The summed E-state index contributed by atoms with van der Waals surface area (Å²) in [6.45, 7) is 1.44. The lowest BCUT2D eigenvalue weighted by atomic mass is 10.4. The van der Waals surface area contributed by atoms with Gasteiger partial charge in [0, 0.05) is 19.3 Å². The maximum Gasteiger partial charge on any atom is 0.222 e. The van der Waals surface area contributed by atoms with E-state index in [1.807, 2.05) is 12.1 Å². The van der Waals surface area contributed by atoms with E-state index >= 15 is 0 Å². The molecule has 3 rings (SSSR count). The first kappa shape index (κ1) is 13.7. The molecule has 0 radical (unpaired) electrons. The first-order valence-electron chi connectivity index (χ1n) is 6.53. The summed E-state index contributed by atoms with van der Waals surface area (Å²) >= 11 is 0. The third-order valence-electron chi connectivity index (χ3n) is 2.76. The zero-order valence-electron chi connectivity index (χ0n) is 11.8. The van der Waals surface area contributed by atoms with Gasteiger partial charge < -0.3 is 10.6 Å². The minimum Gasteiger partial charge on any atom is -0.337 e. The van der Waals surface area contributed by atoms with Crippen molar-refractivity contribution in [2.45, 2.75) is 6.92 Å². The van der Waals surface area contributed by atoms with Gasteiger partial charge in [0.25, 0.3) is 0 Å². The van der Waals surface area contributed by atoms with Crippen molar-refractivity contribution in [2.24, 2.45) is 0 Å². The molecule has 0 fully saturated rings. The molecule has 110 valence electrons. The molecule has 3 heterocycles. The molecule has 3 aromatic rings. The highest BCUT2D eigenvalue weighted by atomic mass is 16.1. The third-order valence-corrected chi connectivity index (χ3v) is 2.76. The summed E-state index contributed by atoms with van der Waals surface area (Å²) in [6.07, 6.45) is 6.73. The lowest BCUT2D eigenvalue weighted by molar-refractivity contribution is -0.114. The number of anilines is 3. The topological polar surface area (TPSA) is 97.6 Å². The number of nitrogens with zero attached hydrogens (tertiary/aromatic N) is 5. The van der Waals surface area contributed by atoms with Crippen LogP contribution in [0.1, 0.15) is 6.92 Å². The third kappa shape index (κ3) is 3.23. The summed E-state index contributed by atoms with van der Waals surface area (Å²) < 4.78 is 1.76. The molecular weight excluding hydrogens is 282 g/mol. The Hall–Kier alpha value is -3.29. The number of carbonyl (C=O) groups excluding carboxylic acids is 1. The van der Waals surface area contributed by atoms with Gasteiger partial charge in [-0.3, -0.25) is 9.36 Å². The van der Waals surface area contributed by atoms with Crippen molar-refractivity contribution in [3.05, 3.63) is 49.2 Å². The van der Waals surface area contributed by atoms with Crippen LogP contribution in [0.3, 0.4) is 0 Å². The smallest absolute Gasteiger partial charge is 0.222 e. The van der Waals surface area contributed by atoms with Crippen molar-refractivity contribution in [2.75, 3.05) is 10.6 Å². The molecule has 0 saturated heterocycles. The minimum absolute atomic E-state index is 0.158. The fraction of sp³-hybridized carbons (Fsp3) is 0.0714. The monoisotopic (exact) mass is 295 g/mol. The average Bonchev–Trinajstić information content (AvgIpc) is 3.04. The molecule has 0 spiro atoms. The van der Waals surface area contributed by atoms with E-state index < -0.39 is 0 Å². The van der Waals surface area contributed by atoms with E-state index in [0.29, 0.717) is 17.5 Å². The van der Waals surface area contributed by atoms with Gasteiger partial charge in [0.1, 0.15) is 12.1 Å². The van der Waals surface area contributed by atoms with Crippen molar-refractivity contribution < 1.29 is 4.79 Å². The van der Waals surface area contributed by atoms with E-state index in [9.17, 15) is 4.79 Å². The molecule has 0 aliphatic carbocycles. The van der Waals surface area contributed by atoms with Crippen molar-refractivity contribution in [3.8, 4) is 5.82 Å². The lowest BCUT2D eigenvalue weighted by Gasteiger charge is -2.06. The molecule has 3 aromatic heterocycles. The summed E-state index contributed by atoms with van der Waals surface area (Å²) in [4.78, 5) is 19.0. The van der Waals surface area contributed by atoms with Gasteiger partial charge in [0.15, 0.2) is 11.6 Å². The predicted molar refractivity (Wildman–Crippen MR) is 81.0 cm³/mol. The molecular formula is C14H13N7O. The zero-order chi connectivity index (χ0) is 15.4. The standard InChI is InChI=1S/C14H13N7O/c1-10(22)17-12-3-2-11(8-16-12)18-13-4-5-14(20-19-13)21-7-6-15-9-21/h2-9H,1H3,(H,18,19)(H,16,17,22). The Morgan fingerprint density at radius 3 is 2.59 bits per heavy atom. The van der Waals surface area contributed by atoms with Gasteiger partial charge in [0.2, 0.25) is 5.91 Å². The van der Waals surface area contributed by atoms with Gasteiger partial charge in [-0.05, 0) is 24.3 Å². The number of hydrogen-bond donors (Lipinski definition) is 2. The van der Waals surface area contributed by atoms with Gasteiger partial charge in [-0.1, -0.05) is 0 Å². The number of carbonyl (C=O) groups is 1. The Morgan fingerprint density at radius 2 is 2.00 bits per heavy atom. The Labute approximate surface area is 126 Å². The molecule has 8 nitrogen and oxygen atoms in total. The van der Waals surface area contributed by atoms with E-state index in [-0.39, 0.29) is 5.91 Å². The second kappa shape index (κ2) is 6.00. The normalized spacial score (nSPS) is 10.2. The van der Waals surface area contributed by atoms with Crippen LogP contribution in [0.2, 0.25) is 0 Å². The van der Waals surface area contributed by atoms with Crippen LogP contribution in [0.4, 0.5) is 17.3 Å². The summed E-state index contributed by atoms with van der Waals surface area (Å²) in [5, 5.41) is 13.9. The Balaban J connectivity index is 1.69. The Bertz CT molecular complexity index is 751. The number of imidazole rings is 1. The molecule has 0 bridgehead atoms. The molecule has 0 aliphatic rings. The molecule has 0 atom stereocenters. The Kier molecular flexibility index (Phi) is 3.73. The average molecular weight is 295 g/mol. The number of rotatable bonds is 4. The molecule has 0 aliphatic heterocycles. The highest BCUT2D eigenvalue weighted by molar-refractivity contribution is 5.87. The highest BCUT2D eigenvalue weighted by Crippen LogP contribution is 2.15. The molecule has 0 saturated carbocycles. The maximum atomic E-state index is 10.9. The second-order valence-corrected chi connectivity index (χ2v) is 4.49. The van der Waals surface area contributed by atoms with E-state index in [1.165, 1.54) is 6.92 Å². The lowest BCUT2D eigenvalue weighted by Crippen LogP contribution is -2.07. The SMILES string of the molecule is CC(=O)Nc1ccc(Nc2ccc(-n3ccnc3)nn2)cn1. The minimum atomic E-state index is -0.158. The van der Waals surface area contributed by atoms with Crippen molar-refractivity contribution in [1.29, 1.82) is 0 Å². The molecule has 0 unspecified atom stereocenters. The zero-order valence-corrected chi connectivity index (χ0v) is 11.8. The highest BCUT2D eigenvalue weighted by Gasteiger charge is 2.02. The second-order valence-electron chi connectivity index (χ2n) is 4.49. The number of pyridine rings is 1. The van der Waals surface area contributed by atoms with Crippen molar-refractivity contribution >= 4 is 23.2 Å². The van der Waals surface area contributed by atoms with E-state index in [1.54, 1.807) is 41.6 Å². The number of nitrogens with one attached hydrogen (secondary N) is 2. The van der Waals surface area contributed by atoms with Crippen LogP contribution in [-0.2, 0) is 4.79 Å². The molecule has 1 amide bonds. The van der Waals surface area contributed by atoms with Gasteiger partial charge in [-0.25, -0.2) is 9.97 Å². The van der Waals surface area contributed by atoms with Gasteiger partial charge in [0.05, 0.1) is 11.9 Å². The molecule has 0 aromatic carbocycles. The van der Waals surface area contributed by atoms with Crippen LogP contribution < -0.4 is 10.6 Å². The summed E-state index contributed by atoms with van der Waals surface area (Å²) in [5.41, 5.74) is 0.749. The number of aromatic nitrogens is 5. The quantitative estimate of drug-likeness (QED) is 0.761. The van der Waals surface area contributed by atoms with Crippen molar-refractivity contribution in [3.63, 3.8) is 0 Å². The number of amides is 1. The van der Waals surface area contributed by atoms with Gasteiger partial charge in [-0.15, -0.1) is 10.2 Å². The van der Waals surface area contributed by atoms with Crippen LogP contribution in [0, 0.1) is 0 Å². The molecule has 22 heavy (non-hydrogen) atoms. The molecule has 2 N–H and O–H groups in total. The first-order valence-corrected chi connectivity index (χ1v) is 6.53. The summed E-state index contributed by atoms with van der Waals surface area (Å²) in [5.74, 6) is 1.62. The van der Waals surface area contributed by atoms with Crippen LogP contribution in [-0.4, -0.2) is 30.6 Å². The largest absolute Gasteiger partial charge is 0.337 e. The van der Waals surface area contributed by atoms with E-state index in [4.69, 9.17) is 0 Å².